The van der Waals surface area contributed by atoms with E-state index in [0.29, 0.717) is 11.7 Å². The minimum absolute atomic E-state index is 0.0581. The molecule has 80 valence electrons. The van der Waals surface area contributed by atoms with E-state index in [1.165, 1.54) is 17.0 Å². The van der Waals surface area contributed by atoms with E-state index < -0.39 is 0 Å². The standard InChI is InChI=1S/C10H13N3O2/c1-7-4-10(15)13(6-11-7)5-9(14)12-8-2-3-8/h4,6,8H,2-3,5H2,1H3,(H,12,14). The molecular weight excluding hydrogens is 194 g/mol. The Labute approximate surface area is 87.1 Å². The number of rotatable bonds is 3. The zero-order chi connectivity index (χ0) is 10.8. The van der Waals surface area contributed by atoms with Gasteiger partial charge >= 0.3 is 0 Å². The van der Waals surface area contributed by atoms with Gasteiger partial charge in [-0.15, -0.1) is 0 Å². The molecule has 1 aliphatic carbocycles. The maximum atomic E-state index is 11.4. The predicted octanol–water partition coefficient (Wildman–Crippen LogP) is -0.170. The molecule has 0 bridgehead atoms. The van der Waals surface area contributed by atoms with E-state index in [0.717, 1.165) is 12.8 Å². The molecule has 1 fully saturated rings. The fourth-order valence-corrected chi connectivity index (χ4v) is 1.29. The highest BCUT2D eigenvalue weighted by atomic mass is 16.2. The summed E-state index contributed by atoms with van der Waals surface area (Å²) >= 11 is 0. The molecule has 1 heterocycles. The van der Waals surface area contributed by atoms with Crippen molar-refractivity contribution in [1.29, 1.82) is 0 Å². The van der Waals surface area contributed by atoms with Crippen molar-refractivity contribution in [1.82, 2.24) is 14.9 Å². The minimum Gasteiger partial charge on any atom is -0.352 e. The normalized spacial score (nSPS) is 15.0. The number of hydrogen-bond acceptors (Lipinski definition) is 3. The molecule has 0 spiro atoms. The largest absolute Gasteiger partial charge is 0.352 e. The van der Waals surface area contributed by atoms with E-state index >= 15 is 0 Å². The second kappa shape index (κ2) is 3.84. The lowest BCUT2D eigenvalue weighted by atomic mass is 10.4. The summed E-state index contributed by atoms with van der Waals surface area (Å²) in [7, 11) is 0. The monoisotopic (exact) mass is 207 g/mol. The average Bonchev–Trinajstić information content (AvgIpc) is 2.94. The molecule has 0 radical (unpaired) electrons. The molecular formula is C10H13N3O2. The molecule has 2 rings (SSSR count). The van der Waals surface area contributed by atoms with Gasteiger partial charge in [0.25, 0.3) is 5.56 Å². The first-order valence-electron chi connectivity index (χ1n) is 4.97. The van der Waals surface area contributed by atoms with Crippen molar-refractivity contribution in [2.45, 2.75) is 32.4 Å². The summed E-state index contributed by atoms with van der Waals surface area (Å²) < 4.78 is 1.31. The van der Waals surface area contributed by atoms with Gasteiger partial charge in [0.2, 0.25) is 5.91 Å². The molecule has 0 aliphatic heterocycles. The summed E-state index contributed by atoms with van der Waals surface area (Å²) in [6.07, 6.45) is 3.50. The Morgan fingerprint density at radius 1 is 1.67 bits per heavy atom. The number of aryl methyl sites for hydroxylation is 1. The second-order valence-electron chi connectivity index (χ2n) is 3.84. The molecule has 0 saturated heterocycles. The molecule has 15 heavy (non-hydrogen) atoms. The zero-order valence-corrected chi connectivity index (χ0v) is 8.56. The number of carbonyl (C=O) groups is 1. The summed E-state index contributed by atoms with van der Waals surface area (Å²) in [5, 5.41) is 2.82. The van der Waals surface area contributed by atoms with Crippen LogP contribution in [0, 0.1) is 6.92 Å². The summed E-state index contributed by atoms with van der Waals surface area (Å²) in [5.74, 6) is -0.120. The Kier molecular flexibility index (Phi) is 2.53. The van der Waals surface area contributed by atoms with Crippen molar-refractivity contribution < 1.29 is 4.79 Å². The van der Waals surface area contributed by atoms with E-state index in [2.05, 4.69) is 10.3 Å². The van der Waals surface area contributed by atoms with Crippen LogP contribution in [0.4, 0.5) is 0 Å². The highest BCUT2D eigenvalue weighted by Gasteiger charge is 2.23. The van der Waals surface area contributed by atoms with E-state index in [1.54, 1.807) is 6.92 Å². The quantitative estimate of drug-likeness (QED) is 0.748. The number of aromatic nitrogens is 2. The van der Waals surface area contributed by atoms with Gasteiger partial charge < -0.3 is 5.32 Å². The molecule has 1 aliphatic rings. The maximum absolute atomic E-state index is 11.4. The summed E-state index contributed by atoms with van der Waals surface area (Å²) in [6.45, 7) is 1.80. The first-order chi connectivity index (χ1) is 7.15. The molecule has 1 aromatic rings. The first-order valence-corrected chi connectivity index (χ1v) is 4.97. The lowest BCUT2D eigenvalue weighted by molar-refractivity contribution is -0.121. The van der Waals surface area contributed by atoms with Crippen LogP contribution in [0.5, 0.6) is 0 Å². The summed E-state index contributed by atoms with van der Waals surface area (Å²) in [5.41, 5.74) is 0.479. The third-order valence-electron chi connectivity index (χ3n) is 2.27. The summed E-state index contributed by atoms with van der Waals surface area (Å²) in [6, 6.07) is 1.75. The van der Waals surface area contributed by atoms with Gasteiger partial charge in [0.1, 0.15) is 6.54 Å². The first kappa shape index (κ1) is 9.89. The molecule has 0 atom stereocenters. The van der Waals surface area contributed by atoms with Crippen LogP contribution < -0.4 is 10.9 Å². The zero-order valence-electron chi connectivity index (χ0n) is 8.56. The van der Waals surface area contributed by atoms with Crippen molar-refractivity contribution >= 4 is 5.91 Å². The molecule has 0 aromatic carbocycles. The van der Waals surface area contributed by atoms with Gasteiger partial charge in [-0.05, 0) is 19.8 Å². The van der Waals surface area contributed by atoms with Gasteiger partial charge in [0.15, 0.2) is 0 Å². The van der Waals surface area contributed by atoms with Gasteiger partial charge in [0, 0.05) is 17.8 Å². The molecule has 5 nitrogen and oxygen atoms in total. The third kappa shape index (κ3) is 2.65. The average molecular weight is 207 g/mol. The molecule has 1 aromatic heterocycles. The van der Waals surface area contributed by atoms with Crippen molar-refractivity contribution in [3.63, 3.8) is 0 Å². The lowest BCUT2D eigenvalue weighted by Gasteiger charge is -2.05. The van der Waals surface area contributed by atoms with E-state index in [-0.39, 0.29) is 18.0 Å². The van der Waals surface area contributed by atoms with Gasteiger partial charge in [0.05, 0.1) is 6.33 Å². The highest BCUT2D eigenvalue weighted by molar-refractivity contribution is 5.76. The fraction of sp³-hybridized carbons (Fsp3) is 0.500. The number of carbonyl (C=O) groups excluding carboxylic acids is 1. The predicted molar refractivity (Wildman–Crippen MR) is 54.4 cm³/mol. The highest BCUT2D eigenvalue weighted by Crippen LogP contribution is 2.18. The molecule has 1 saturated carbocycles. The van der Waals surface area contributed by atoms with Crippen LogP contribution in [0.15, 0.2) is 17.2 Å². The Morgan fingerprint density at radius 2 is 2.40 bits per heavy atom. The van der Waals surface area contributed by atoms with Crippen molar-refractivity contribution in [3.05, 3.63) is 28.4 Å². The smallest absolute Gasteiger partial charge is 0.253 e. The van der Waals surface area contributed by atoms with Crippen molar-refractivity contribution in [3.8, 4) is 0 Å². The lowest BCUT2D eigenvalue weighted by Crippen LogP contribution is -2.33. The Bertz CT molecular complexity index is 435. The number of amides is 1. The Hall–Kier alpha value is -1.65. The third-order valence-corrected chi connectivity index (χ3v) is 2.27. The second-order valence-corrected chi connectivity index (χ2v) is 3.84. The van der Waals surface area contributed by atoms with Crippen LogP contribution in [0.25, 0.3) is 0 Å². The van der Waals surface area contributed by atoms with Crippen LogP contribution in [0.3, 0.4) is 0 Å². The van der Waals surface area contributed by atoms with Crippen LogP contribution in [0.2, 0.25) is 0 Å². The molecule has 1 N–H and O–H groups in total. The number of nitrogens with one attached hydrogen (secondary N) is 1. The van der Waals surface area contributed by atoms with Crippen LogP contribution in [-0.4, -0.2) is 21.5 Å². The topological polar surface area (TPSA) is 64.0 Å². The number of nitrogens with zero attached hydrogens (tertiary/aromatic N) is 2. The van der Waals surface area contributed by atoms with Crippen molar-refractivity contribution in [2.24, 2.45) is 0 Å². The van der Waals surface area contributed by atoms with Crippen molar-refractivity contribution in [2.75, 3.05) is 0 Å². The van der Waals surface area contributed by atoms with E-state index in [4.69, 9.17) is 0 Å². The fourth-order valence-electron chi connectivity index (χ4n) is 1.29. The molecule has 5 heteroatoms. The Morgan fingerprint density at radius 3 is 3.00 bits per heavy atom. The number of hydrogen-bond donors (Lipinski definition) is 1. The van der Waals surface area contributed by atoms with E-state index in [9.17, 15) is 9.59 Å². The van der Waals surface area contributed by atoms with E-state index in [1.807, 2.05) is 0 Å². The maximum Gasteiger partial charge on any atom is 0.253 e. The summed E-state index contributed by atoms with van der Waals surface area (Å²) in [4.78, 5) is 26.8. The SMILES string of the molecule is Cc1cc(=O)n(CC(=O)NC2CC2)cn1. The molecule has 0 unspecified atom stereocenters. The van der Waals surface area contributed by atoms with Gasteiger partial charge in [-0.1, -0.05) is 0 Å². The Balaban J connectivity index is 2.03. The molecule has 1 amide bonds. The van der Waals surface area contributed by atoms with Gasteiger partial charge in [-0.3, -0.25) is 14.2 Å². The van der Waals surface area contributed by atoms with Crippen LogP contribution >= 0.6 is 0 Å². The van der Waals surface area contributed by atoms with Gasteiger partial charge in [-0.2, -0.15) is 0 Å². The van der Waals surface area contributed by atoms with Crippen LogP contribution in [0.1, 0.15) is 18.5 Å². The van der Waals surface area contributed by atoms with Crippen LogP contribution in [-0.2, 0) is 11.3 Å². The van der Waals surface area contributed by atoms with Gasteiger partial charge in [-0.25, -0.2) is 4.98 Å². The minimum atomic E-state index is -0.187.